The van der Waals surface area contributed by atoms with Gasteiger partial charge in [-0.05, 0) is 42.5 Å². The molecule has 2 aromatic rings. The minimum Gasteiger partial charge on any atom is -0.280 e. The Balaban J connectivity index is 2.50. The second-order valence-corrected chi connectivity index (χ2v) is 8.25. The quantitative estimate of drug-likeness (QED) is 0.799. The molecule has 12 heteroatoms. The zero-order chi connectivity index (χ0) is 19.0. The Morgan fingerprint density at radius 3 is 1.92 bits per heavy atom. The third-order valence-electron chi connectivity index (χ3n) is 2.90. The van der Waals surface area contributed by atoms with Crippen molar-refractivity contribution in [3.63, 3.8) is 0 Å². The van der Waals surface area contributed by atoms with Gasteiger partial charge in [-0.3, -0.25) is 4.72 Å². The summed E-state index contributed by atoms with van der Waals surface area (Å²) in [6, 6.07) is 4.84. The molecule has 0 bridgehead atoms. The van der Waals surface area contributed by atoms with E-state index in [4.69, 9.17) is 0 Å². The molecule has 0 aliphatic rings. The van der Waals surface area contributed by atoms with Crippen molar-refractivity contribution in [1.29, 1.82) is 0 Å². The van der Waals surface area contributed by atoms with Crippen LogP contribution < -0.4 is 4.72 Å². The Bertz CT molecular complexity index is 1000. The summed E-state index contributed by atoms with van der Waals surface area (Å²) in [6.45, 7) is 0. The van der Waals surface area contributed by atoms with E-state index in [1.807, 2.05) is 4.72 Å². The Labute approximate surface area is 139 Å². The highest BCUT2D eigenvalue weighted by Crippen LogP contribution is 2.33. The minimum atomic E-state index is -6.09. The van der Waals surface area contributed by atoms with Gasteiger partial charge in [0.2, 0.25) is 0 Å². The minimum absolute atomic E-state index is 0.0595. The largest absolute Gasteiger partial charge is 0.502 e. The van der Waals surface area contributed by atoms with E-state index in [0.29, 0.717) is 6.07 Å². The van der Waals surface area contributed by atoms with Crippen LogP contribution in [0.3, 0.4) is 0 Å². The van der Waals surface area contributed by atoms with E-state index in [1.54, 1.807) is 0 Å². The van der Waals surface area contributed by atoms with Gasteiger partial charge < -0.3 is 0 Å². The second-order valence-electron chi connectivity index (χ2n) is 4.65. The molecule has 0 saturated heterocycles. The highest BCUT2D eigenvalue weighted by atomic mass is 32.2. The van der Waals surface area contributed by atoms with Crippen LogP contribution in [0.15, 0.2) is 52.3 Å². The maximum absolute atomic E-state index is 13.5. The summed E-state index contributed by atoms with van der Waals surface area (Å²) in [5, 5.41) is 0. The number of hydrogen-bond donors (Lipinski definition) is 1. The first-order valence-electron chi connectivity index (χ1n) is 6.24. The van der Waals surface area contributed by atoms with Crippen molar-refractivity contribution >= 4 is 25.5 Å². The van der Waals surface area contributed by atoms with E-state index in [-0.39, 0.29) is 17.8 Å². The van der Waals surface area contributed by atoms with Gasteiger partial charge in [-0.2, -0.15) is 13.2 Å². The molecule has 1 N–H and O–H groups in total. The van der Waals surface area contributed by atoms with Crippen LogP contribution in [0.25, 0.3) is 0 Å². The predicted octanol–water partition coefficient (Wildman–Crippen LogP) is 3.06. The number of anilines is 1. The molecule has 2 rings (SSSR count). The van der Waals surface area contributed by atoms with Crippen molar-refractivity contribution in [2.24, 2.45) is 0 Å². The van der Waals surface area contributed by atoms with Gasteiger partial charge in [0.15, 0.2) is 0 Å². The lowest BCUT2D eigenvalue weighted by atomic mass is 10.3. The van der Waals surface area contributed by atoms with E-state index in [9.17, 15) is 38.8 Å². The van der Waals surface area contributed by atoms with Crippen molar-refractivity contribution in [1.82, 2.24) is 0 Å². The average Bonchev–Trinajstić information content (AvgIpc) is 2.48. The second kappa shape index (κ2) is 6.26. The molecule has 0 radical (unpaired) electrons. The lowest BCUT2D eigenvalue weighted by molar-refractivity contribution is -0.0437. The third kappa shape index (κ3) is 3.90. The normalized spacial score (nSPS) is 12.8. The Hall–Kier alpha value is -2.21. The maximum Gasteiger partial charge on any atom is 0.502 e. The Morgan fingerprint density at radius 1 is 0.840 bits per heavy atom. The van der Waals surface area contributed by atoms with Crippen LogP contribution in [0.4, 0.5) is 27.6 Å². The Morgan fingerprint density at radius 2 is 1.40 bits per heavy atom. The predicted molar refractivity (Wildman–Crippen MR) is 76.8 cm³/mol. The first-order valence-corrected chi connectivity index (χ1v) is 9.20. The summed E-state index contributed by atoms with van der Waals surface area (Å²) in [7, 11) is -10.6. The van der Waals surface area contributed by atoms with E-state index in [0.717, 1.165) is 24.3 Å². The number of sulfonamides is 1. The number of nitrogens with one attached hydrogen (secondary N) is 1. The summed E-state index contributed by atoms with van der Waals surface area (Å²) in [5.74, 6) is -2.42. The molecule has 0 aliphatic heterocycles. The highest BCUT2D eigenvalue weighted by molar-refractivity contribution is 7.93. The standard InChI is InChI=1S/C13H8F5NO4S2/c14-8-1-3-9(4-2-8)19-25(22,23)10-5-6-11(15)12(7-10)24(20,21)13(16,17)18/h1-7,19H. The van der Waals surface area contributed by atoms with Crippen LogP contribution in [0.5, 0.6) is 0 Å². The molecule has 0 unspecified atom stereocenters. The van der Waals surface area contributed by atoms with Crippen molar-refractivity contribution in [3.05, 3.63) is 54.1 Å². The number of sulfone groups is 1. The molecule has 0 heterocycles. The Kier molecular flexibility index (Phi) is 4.79. The molecule has 25 heavy (non-hydrogen) atoms. The van der Waals surface area contributed by atoms with E-state index in [2.05, 4.69) is 0 Å². The van der Waals surface area contributed by atoms with Crippen LogP contribution in [0, 0.1) is 11.6 Å². The third-order valence-corrected chi connectivity index (χ3v) is 5.78. The highest BCUT2D eigenvalue weighted by Gasteiger charge is 2.48. The monoisotopic (exact) mass is 401 g/mol. The molecule has 0 spiro atoms. The van der Waals surface area contributed by atoms with Gasteiger partial charge in [-0.25, -0.2) is 25.6 Å². The molecular formula is C13H8F5NO4S2. The molecule has 0 saturated carbocycles. The number of benzene rings is 2. The molecule has 136 valence electrons. The number of alkyl halides is 3. The molecule has 0 atom stereocenters. The summed E-state index contributed by atoms with van der Waals surface area (Å²) >= 11 is 0. The number of hydrogen-bond acceptors (Lipinski definition) is 4. The van der Waals surface area contributed by atoms with Gasteiger partial charge in [-0.15, -0.1) is 0 Å². The van der Waals surface area contributed by atoms with Crippen molar-refractivity contribution in [2.45, 2.75) is 15.3 Å². The fourth-order valence-electron chi connectivity index (χ4n) is 1.71. The van der Waals surface area contributed by atoms with Crippen molar-refractivity contribution in [2.75, 3.05) is 4.72 Å². The van der Waals surface area contributed by atoms with Gasteiger partial charge in [-0.1, -0.05) is 0 Å². The molecule has 0 aromatic heterocycles. The fraction of sp³-hybridized carbons (Fsp3) is 0.0769. The van der Waals surface area contributed by atoms with E-state index < -0.39 is 46.8 Å². The lowest BCUT2D eigenvalue weighted by Gasteiger charge is -2.12. The van der Waals surface area contributed by atoms with Gasteiger partial charge in [0.25, 0.3) is 19.9 Å². The van der Waals surface area contributed by atoms with Crippen molar-refractivity contribution in [3.8, 4) is 0 Å². The smallest absolute Gasteiger partial charge is 0.280 e. The zero-order valence-corrected chi connectivity index (χ0v) is 13.5. The van der Waals surface area contributed by atoms with Crippen LogP contribution in [0.2, 0.25) is 0 Å². The van der Waals surface area contributed by atoms with Crippen LogP contribution in [-0.4, -0.2) is 22.3 Å². The van der Waals surface area contributed by atoms with E-state index in [1.165, 1.54) is 0 Å². The zero-order valence-electron chi connectivity index (χ0n) is 11.9. The maximum atomic E-state index is 13.5. The fourth-order valence-corrected chi connectivity index (χ4v) is 3.73. The summed E-state index contributed by atoms with van der Waals surface area (Å²) < 4.78 is 113. The van der Waals surface area contributed by atoms with Gasteiger partial charge in [0.05, 0.1) is 4.90 Å². The molecule has 0 amide bonds. The topological polar surface area (TPSA) is 80.3 Å². The van der Waals surface area contributed by atoms with Crippen molar-refractivity contribution < 1.29 is 38.8 Å². The summed E-state index contributed by atoms with van der Waals surface area (Å²) in [5.41, 5.74) is -5.94. The molecule has 2 aromatic carbocycles. The lowest BCUT2D eigenvalue weighted by Crippen LogP contribution is -2.25. The molecule has 0 aliphatic carbocycles. The first-order chi connectivity index (χ1) is 11.3. The van der Waals surface area contributed by atoms with Crippen LogP contribution in [-0.2, 0) is 19.9 Å². The van der Waals surface area contributed by atoms with E-state index >= 15 is 0 Å². The molecule has 0 fully saturated rings. The summed E-state index contributed by atoms with van der Waals surface area (Å²) in [6.07, 6.45) is 0. The van der Waals surface area contributed by atoms with Crippen LogP contribution >= 0.6 is 0 Å². The SMILES string of the molecule is O=S(=O)(Nc1ccc(F)cc1)c1ccc(F)c(S(=O)(=O)C(F)(F)F)c1. The number of halogens is 5. The molecule has 5 nitrogen and oxygen atoms in total. The van der Waals surface area contributed by atoms with Crippen LogP contribution in [0.1, 0.15) is 0 Å². The summed E-state index contributed by atoms with van der Waals surface area (Å²) in [4.78, 5) is -2.73. The van der Waals surface area contributed by atoms with Gasteiger partial charge in [0, 0.05) is 5.69 Å². The average molecular weight is 401 g/mol. The van der Waals surface area contributed by atoms with Gasteiger partial charge in [0.1, 0.15) is 16.5 Å². The van der Waals surface area contributed by atoms with Gasteiger partial charge >= 0.3 is 5.51 Å². The number of rotatable bonds is 4. The molecular weight excluding hydrogens is 393 g/mol. The first kappa shape index (κ1) is 19.1.